The van der Waals surface area contributed by atoms with Crippen LogP contribution >= 0.6 is 11.8 Å². The molecule has 0 aliphatic carbocycles. The molecule has 0 saturated heterocycles. The summed E-state index contributed by atoms with van der Waals surface area (Å²) in [6, 6.07) is 10.2. The molecule has 17 heavy (non-hydrogen) atoms. The second-order valence-corrected chi connectivity index (χ2v) is 5.50. The summed E-state index contributed by atoms with van der Waals surface area (Å²) in [6.07, 6.45) is 2.97. The minimum atomic E-state index is -0.0732. The van der Waals surface area contributed by atoms with Crippen molar-refractivity contribution in [3.63, 3.8) is 0 Å². The van der Waals surface area contributed by atoms with Crippen molar-refractivity contribution in [3.05, 3.63) is 42.0 Å². The van der Waals surface area contributed by atoms with Crippen molar-refractivity contribution >= 4 is 11.8 Å². The van der Waals surface area contributed by atoms with Crippen LogP contribution in [0.15, 0.2) is 46.9 Å². The van der Waals surface area contributed by atoms with Gasteiger partial charge in [0.2, 0.25) is 0 Å². The van der Waals surface area contributed by atoms with E-state index in [0.29, 0.717) is 6.61 Å². The lowest BCUT2D eigenvalue weighted by Gasteiger charge is -2.28. The summed E-state index contributed by atoms with van der Waals surface area (Å²) in [5.41, 5.74) is 1.11. The first-order valence-corrected chi connectivity index (χ1v) is 6.53. The number of thioether (sulfide) groups is 1. The number of rotatable bonds is 1. The summed E-state index contributed by atoms with van der Waals surface area (Å²) in [5, 5.41) is 3.15. The summed E-state index contributed by atoms with van der Waals surface area (Å²) in [5.74, 6) is 3.22. The van der Waals surface area contributed by atoms with Crippen LogP contribution in [0.5, 0.6) is 0 Å². The Kier molecular flexibility index (Phi) is 3.93. The van der Waals surface area contributed by atoms with Crippen LogP contribution in [-0.2, 0) is 4.74 Å². The fraction of sp³-hybridized carbons (Fsp3) is 0.333. The van der Waals surface area contributed by atoms with Crippen LogP contribution in [0.2, 0.25) is 0 Å². The standard InChI is InChI=1S/C15H16OS/c1-15(2)12-13(8-10-16-15)9-11-17-14-6-4-3-5-7-14/h3-8H,10,12H2,1-2H3. The van der Waals surface area contributed by atoms with E-state index in [4.69, 9.17) is 4.74 Å². The van der Waals surface area contributed by atoms with Gasteiger partial charge in [0, 0.05) is 16.9 Å². The molecule has 2 heteroatoms. The molecule has 1 aliphatic heterocycles. The summed E-state index contributed by atoms with van der Waals surface area (Å²) >= 11 is 1.57. The van der Waals surface area contributed by atoms with E-state index in [-0.39, 0.29) is 5.60 Å². The van der Waals surface area contributed by atoms with E-state index < -0.39 is 0 Å². The molecule has 1 heterocycles. The third-order valence-electron chi connectivity index (χ3n) is 2.54. The van der Waals surface area contributed by atoms with Gasteiger partial charge in [-0.1, -0.05) is 24.1 Å². The Labute approximate surface area is 107 Å². The molecule has 0 N–H and O–H groups in total. The quantitative estimate of drug-likeness (QED) is 0.548. The van der Waals surface area contributed by atoms with Crippen LogP contribution in [0.4, 0.5) is 0 Å². The lowest BCUT2D eigenvalue weighted by molar-refractivity contribution is -0.00807. The molecule has 0 aromatic heterocycles. The molecule has 0 bridgehead atoms. The molecule has 1 aliphatic rings. The Bertz CT molecular complexity index is 463. The molecule has 0 spiro atoms. The lowest BCUT2D eigenvalue weighted by atomic mass is 9.96. The third kappa shape index (κ3) is 3.96. The first-order chi connectivity index (χ1) is 8.16. The molecular weight excluding hydrogens is 228 g/mol. The zero-order valence-corrected chi connectivity index (χ0v) is 11.0. The van der Waals surface area contributed by atoms with Crippen molar-refractivity contribution in [2.75, 3.05) is 6.61 Å². The van der Waals surface area contributed by atoms with Gasteiger partial charge in [-0.2, -0.15) is 0 Å². The maximum Gasteiger partial charge on any atom is 0.0677 e. The predicted octanol–water partition coefficient (Wildman–Crippen LogP) is 3.86. The van der Waals surface area contributed by atoms with Crippen LogP contribution in [0.25, 0.3) is 0 Å². The second kappa shape index (κ2) is 5.44. The minimum absolute atomic E-state index is 0.0732. The highest BCUT2D eigenvalue weighted by molar-refractivity contribution is 8.03. The van der Waals surface area contributed by atoms with Crippen molar-refractivity contribution in [2.45, 2.75) is 30.8 Å². The average Bonchev–Trinajstić information content (AvgIpc) is 2.29. The van der Waals surface area contributed by atoms with Gasteiger partial charge in [0.15, 0.2) is 0 Å². The van der Waals surface area contributed by atoms with Gasteiger partial charge in [-0.25, -0.2) is 0 Å². The Morgan fingerprint density at radius 2 is 2.00 bits per heavy atom. The normalized spacial score (nSPS) is 17.9. The predicted molar refractivity (Wildman–Crippen MR) is 72.8 cm³/mol. The highest BCUT2D eigenvalue weighted by Crippen LogP contribution is 2.24. The second-order valence-electron chi connectivity index (χ2n) is 4.62. The smallest absolute Gasteiger partial charge is 0.0677 e. The van der Waals surface area contributed by atoms with E-state index in [9.17, 15) is 0 Å². The Morgan fingerprint density at radius 3 is 2.71 bits per heavy atom. The van der Waals surface area contributed by atoms with Gasteiger partial charge in [0.05, 0.1) is 12.2 Å². The van der Waals surface area contributed by atoms with Crippen LogP contribution in [0, 0.1) is 11.2 Å². The van der Waals surface area contributed by atoms with Gasteiger partial charge in [0.25, 0.3) is 0 Å². The topological polar surface area (TPSA) is 9.23 Å². The van der Waals surface area contributed by atoms with E-state index in [2.05, 4.69) is 43.2 Å². The Balaban J connectivity index is 1.96. The molecular formula is C15H16OS. The van der Waals surface area contributed by atoms with Crippen molar-refractivity contribution in [2.24, 2.45) is 0 Å². The number of hydrogen-bond acceptors (Lipinski definition) is 2. The fourth-order valence-corrected chi connectivity index (χ4v) is 2.28. The SMILES string of the molecule is CC1(C)CC(C#CSc2ccccc2)=CCO1. The molecule has 88 valence electrons. The number of hydrogen-bond donors (Lipinski definition) is 0. The van der Waals surface area contributed by atoms with Crippen LogP contribution < -0.4 is 0 Å². The van der Waals surface area contributed by atoms with Crippen molar-refractivity contribution in [1.29, 1.82) is 0 Å². The van der Waals surface area contributed by atoms with Crippen LogP contribution in [-0.4, -0.2) is 12.2 Å². The van der Waals surface area contributed by atoms with E-state index in [1.165, 1.54) is 10.5 Å². The summed E-state index contributed by atoms with van der Waals surface area (Å²) in [4.78, 5) is 1.19. The highest BCUT2D eigenvalue weighted by atomic mass is 32.2. The van der Waals surface area contributed by atoms with E-state index in [1.54, 1.807) is 11.8 Å². The van der Waals surface area contributed by atoms with E-state index in [1.807, 2.05) is 18.2 Å². The number of ether oxygens (including phenoxy) is 1. The zero-order chi connectivity index (χ0) is 12.1. The minimum Gasteiger partial charge on any atom is -0.371 e. The van der Waals surface area contributed by atoms with Crippen molar-refractivity contribution in [3.8, 4) is 11.2 Å². The molecule has 2 rings (SSSR count). The summed E-state index contributed by atoms with van der Waals surface area (Å²) in [7, 11) is 0. The van der Waals surface area contributed by atoms with Gasteiger partial charge >= 0.3 is 0 Å². The van der Waals surface area contributed by atoms with Crippen LogP contribution in [0.3, 0.4) is 0 Å². The van der Waals surface area contributed by atoms with Gasteiger partial charge < -0.3 is 4.74 Å². The first-order valence-electron chi connectivity index (χ1n) is 5.72. The highest BCUT2D eigenvalue weighted by Gasteiger charge is 2.22. The lowest BCUT2D eigenvalue weighted by Crippen LogP contribution is -2.28. The van der Waals surface area contributed by atoms with E-state index >= 15 is 0 Å². The zero-order valence-electron chi connectivity index (χ0n) is 10.2. The maximum absolute atomic E-state index is 5.61. The molecule has 0 atom stereocenters. The van der Waals surface area contributed by atoms with Crippen molar-refractivity contribution < 1.29 is 4.74 Å². The monoisotopic (exact) mass is 244 g/mol. The largest absolute Gasteiger partial charge is 0.371 e. The fourth-order valence-electron chi connectivity index (χ4n) is 1.68. The van der Waals surface area contributed by atoms with Gasteiger partial charge in [-0.05, 0) is 49.1 Å². The molecule has 0 amide bonds. The molecule has 1 nitrogen and oxygen atoms in total. The number of benzene rings is 1. The molecule has 0 fully saturated rings. The van der Waals surface area contributed by atoms with Gasteiger partial charge in [-0.15, -0.1) is 0 Å². The maximum atomic E-state index is 5.61. The molecule has 0 saturated carbocycles. The average molecular weight is 244 g/mol. The first kappa shape index (κ1) is 12.3. The Morgan fingerprint density at radius 1 is 1.24 bits per heavy atom. The molecule has 0 unspecified atom stereocenters. The van der Waals surface area contributed by atoms with Crippen LogP contribution in [0.1, 0.15) is 20.3 Å². The summed E-state index contributed by atoms with van der Waals surface area (Å²) in [6.45, 7) is 4.88. The molecule has 0 radical (unpaired) electrons. The van der Waals surface area contributed by atoms with E-state index in [0.717, 1.165) is 6.42 Å². The van der Waals surface area contributed by atoms with Gasteiger partial charge in [0.1, 0.15) is 0 Å². The van der Waals surface area contributed by atoms with Crippen molar-refractivity contribution in [1.82, 2.24) is 0 Å². The van der Waals surface area contributed by atoms with Gasteiger partial charge in [-0.3, -0.25) is 0 Å². The molecule has 1 aromatic carbocycles. The Hall–Kier alpha value is -1.17. The third-order valence-corrected chi connectivity index (χ3v) is 3.26. The summed E-state index contributed by atoms with van der Waals surface area (Å²) < 4.78 is 5.61. The molecule has 1 aromatic rings.